The summed E-state index contributed by atoms with van der Waals surface area (Å²) in [7, 11) is 0. The fourth-order valence-electron chi connectivity index (χ4n) is 0.424. The molecule has 1 atom stereocenters. The van der Waals surface area contributed by atoms with Crippen LogP contribution >= 0.6 is 11.3 Å². The van der Waals surface area contributed by atoms with E-state index in [0.29, 0.717) is 5.00 Å². The molecule has 5 heteroatoms. The zero-order valence-electron chi connectivity index (χ0n) is 4.37. The maximum absolute atomic E-state index is 10.2. The van der Waals surface area contributed by atoms with Crippen LogP contribution in [-0.4, -0.2) is 8.76 Å². The van der Waals surface area contributed by atoms with Crippen molar-refractivity contribution in [1.82, 2.24) is 0 Å². The summed E-state index contributed by atoms with van der Waals surface area (Å²) in [6.45, 7) is 0. The Morgan fingerprint density at radius 3 is 2.56 bits per heavy atom. The average molecular weight is 162 g/mol. The van der Waals surface area contributed by atoms with Crippen LogP contribution < -0.4 is 5.73 Å². The quantitative estimate of drug-likeness (QED) is 0.614. The molecule has 0 aliphatic heterocycles. The van der Waals surface area contributed by atoms with E-state index in [1.807, 2.05) is 0 Å². The molecule has 1 heterocycles. The molecular weight excluding hydrogens is 158 g/mol. The molecule has 0 spiro atoms. The van der Waals surface area contributed by atoms with E-state index >= 15 is 0 Å². The normalized spacial score (nSPS) is 13.4. The molecular formula is C4H4NO2S2-. The van der Waals surface area contributed by atoms with Gasteiger partial charge in [-0.3, -0.25) is 4.21 Å². The van der Waals surface area contributed by atoms with Crippen molar-refractivity contribution >= 4 is 27.4 Å². The average Bonchev–Trinajstić information content (AvgIpc) is 2.14. The van der Waals surface area contributed by atoms with Gasteiger partial charge in [-0.25, -0.2) is 0 Å². The Labute approximate surface area is 58.8 Å². The maximum Gasteiger partial charge on any atom is 0.0868 e. The van der Waals surface area contributed by atoms with Gasteiger partial charge in [-0.15, -0.1) is 11.3 Å². The monoisotopic (exact) mass is 162 g/mol. The van der Waals surface area contributed by atoms with E-state index in [1.165, 1.54) is 6.07 Å². The Morgan fingerprint density at radius 1 is 1.67 bits per heavy atom. The summed E-state index contributed by atoms with van der Waals surface area (Å²) in [6.07, 6.45) is 0. The van der Waals surface area contributed by atoms with Crippen molar-refractivity contribution in [2.24, 2.45) is 0 Å². The van der Waals surface area contributed by atoms with Gasteiger partial charge in [0.25, 0.3) is 0 Å². The van der Waals surface area contributed by atoms with Crippen LogP contribution in [0.25, 0.3) is 0 Å². The Balaban J connectivity index is 2.98. The molecule has 0 aliphatic carbocycles. The van der Waals surface area contributed by atoms with Crippen molar-refractivity contribution in [1.29, 1.82) is 0 Å². The van der Waals surface area contributed by atoms with Gasteiger partial charge in [0.1, 0.15) is 0 Å². The molecule has 0 saturated heterocycles. The third-order valence-corrected chi connectivity index (χ3v) is 2.60. The summed E-state index contributed by atoms with van der Waals surface area (Å²) in [5.74, 6) is 0. The van der Waals surface area contributed by atoms with Crippen molar-refractivity contribution in [3.63, 3.8) is 0 Å². The van der Waals surface area contributed by atoms with Gasteiger partial charge >= 0.3 is 0 Å². The second-order valence-corrected chi connectivity index (χ2v) is 3.67. The largest absolute Gasteiger partial charge is 0.768 e. The molecule has 0 bridgehead atoms. The molecule has 0 fully saturated rings. The fourth-order valence-corrected chi connectivity index (χ4v) is 1.67. The molecule has 9 heavy (non-hydrogen) atoms. The van der Waals surface area contributed by atoms with Crippen molar-refractivity contribution in [2.45, 2.75) is 4.21 Å². The zero-order valence-corrected chi connectivity index (χ0v) is 6.00. The smallest absolute Gasteiger partial charge is 0.0868 e. The number of hydrogen-bond acceptors (Lipinski definition) is 4. The minimum absolute atomic E-state index is 0.285. The SMILES string of the molecule is Nc1ccc(S(=O)[O-])s1. The number of thiophene rings is 1. The van der Waals surface area contributed by atoms with E-state index in [9.17, 15) is 8.76 Å². The molecule has 2 N–H and O–H groups in total. The molecule has 3 nitrogen and oxygen atoms in total. The predicted molar refractivity (Wildman–Crippen MR) is 35.9 cm³/mol. The van der Waals surface area contributed by atoms with Gasteiger partial charge < -0.3 is 10.3 Å². The Kier molecular flexibility index (Phi) is 1.84. The van der Waals surface area contributed by atoms with Crippen LogP contribution in [0.1, 0.15) is 0 Å². The van der Waals surface area contributed by atoms with Gasteiger partial charge in [0.15, 0.2) is 0 Å². The molecule has 0 amide bonds. The van der Waals surface area contributed by atoms with E-state index in [1.54, 1.807) is 6.07 Å². The van der Waals surface area contributed by atoms with Crippen molar-refractivity contribution in [3.8, 4) is 0 Å². The van der Waals surface area contributed by atoms with Gasteiger partial charge in [-0.05, 0) is 23.2 Å². The van der Waals surface area contributed by atoms with E-state index < -0.39 is 11.1 Å². The van der Waals surface area contributed by atoms with Crippen molar-refractivity contribution in [3.05, 3.63) is 12.1 Å². The number of nitrogens with two attached hydrogens (primary N) is 1. The topological polar surface area (TPSA) is 66.2 Å². The summed E-state index contributed by atoms with van der Waals surface area (Å²) in [5.41, 5.74) is 5.26. The first-order chi connectivity index (χ1) is 4.20. The molecule has 0 saturated carbocycles. The zero-order chi connectivity index (χ0) is 6.85. The maximum atomic E-state index is 10.2. The highest BCUT2D eigenvalue weighted by molar-refractivity contribution is 7.81. The standard InChI is InChI=1S/C4H5NO2S2/c5-3-1-2-4(8-3)9(6)7/h1-2H,5H2,(H,6,7)/p-1. The first-order valence-electron chi connectivity index (χ1n) is 2.15. The predicted octanol–water partition coefficient (Wildman–Crippen LogP) is 0.568. The molecule has 0 radical (unpaired) electrons. The summed E-state index contributed by atoms with van der Waals surface area (Å²) in [6, 6.07) is 3.04. The molecule has 1 unspecified atom stereocenters. The lowest BCUT2D eigenvalue weighted by molar-refractivity contribution is 0.539. The summed E-state index contributed by atoms with van der Waals surface area (Å²) in [5, 5.41) is 0.522. The van der Waals surface area contributed by atoms with Crippen LogP contribution in [0.4, 0.5) is 5.00 Å². The second-order valence-electron chi connectivity index (χ2n) is 1.39. The van der Waals surface area contributed by atoms with Crippen LogP contribution in [0.3, 0.4) is 0 Å². The van der Waals surface area contributed by atoms with Gasteiger partial charge in [0.2, 0.25) is 0 Å². The third kappa shape index (κ3) is 1.51. The molecule has 50 valence electrons. The Bertz CT molecular complexity index is 232. The lowest BCUT2D eigenvalue weighted by Crippen LogP contribution is -1.80. The highest BCUT2D eigenvalue weighted by Gasteiger charge is 1.93. The van der Waals surface area contributed by atoms with Crippen LogP contribution in [0, 0.1) is 0 Å². The number of hydrogen-bond donors (Lipinski definition) is 1. The Morgan fingerprint density at radius 2 is 2.33 bits per heavy atom. The highest BCUT2D eigenvalue weighted by atomic mass is 32.2. The first-order valence-corrected chi connectivity index (χ1v) is 4.04. The summed E-state index contributed by atoms with van der Waals surface area (Å²) < 4.78 is 20.6. The fraction of sp³-hybridized carbons (Fsp3) is 0. The number of rotatable bonds is 1. The number of anilines is 1. The van der Waals surface area contributed by atoms with Gasteiger partial charge in [0, 0.05) is 0 Å². The highest BCUT2D eigenvalue weighted by Crippen LogP contribution is 2.20. The van der Waals surface area contributed by atoms with Gasteiger partial charge in [-0.2, -0.15) is 0 Å². The van der Waals surface area contributed by atoms with Crippen molar-refractivity contribution in [2.75, 3.05) is 5.73 Å². The number of nitrogen functional groups attached to an aromatic ring is 1. The molecule has 1 aromatic rings. The Hall–Kier alpha value is -0.390. The molecule has 1 aromatic heterocycles. The van der Waals surface area contributed by atoms with Crippen LogP contribution in [0.15, 0.2) is 16.3 Å². The summed E-state index contributed by atoms with van der Waals surface area (Å²) >= 11 is -1.06. The van der Waals surface area contributed by atoms with Gasteiger partial charge in [0.05, 0.1) is 9.21 Å². The van der Waals surface area contributed by atoms with Crippen molar-refractivity contribution < 1.29 is 8.76 Å². The third-order valence-electron chi connectivity index (χ3n) is 0.766. The molecule has 0 aliphatic rings. The van der Waals surface area contributed by atoms with Crippen LogP contribution in [0.2, 0.25) is 0 Å². The lowest BCUT2D eigenvalue weighted by atomic mass is 10.6. The first kappa shape index (κ1) is 6.73. The van der Waals surface area contributed by atoms with E-state index in [-0.39, 0.29) is 4.21 Å². The van der Waals surface area contributed by atoms with Crippen LogP contribution in [0.5, 0.6) is 0 Å². The van der Waals surface area contributed by atoms with Gasteiger partial charge in [-0.1, -0.05) is 0 Å². The van der Waals surface area contributed by atoms with Crippen LogP contribution in [-0.2, 0) is 11.1 Å². The minimum Gasteiger partial charge on any atom is -0.768 e. The van der Waals surface area contributed by atoms with E-state index in [0.717, 1.165) is 11.3 Å². The lowest BCUT2D eigenvalue weighted by Gasteiger charge is -1.96. The van der Waals surface area contributed by atoms with E-state index in [4.69, 9.17) is 5.73 Å². The second kappa shape index (κ2) is 2.47. The summed E-state index contributed by atoms with van der Waals surface area (Å²) in [4.78, 5) is 0. The van der Waals surface area contributed by atoms with E-state index in [2.05, 4.69) is 0 Å². The minimum atomic E-state index is -2.12. The molecule has 1 rings (SSSR count). The molecule has 0 aromatic carbocycles.